The molecule has 1 saturated carbocycles. The number of benzene rings is 1. The zero-order chi connectivity index (χ0) is 26.6. The van der Waals surface area contributed by atoms with Crippen LogP contribution in [0.2, 0.25) is 0 Å². The summed E-state index contributed by atoms with van der Waals surface area (Å²) in [4.78, 5) is 17.5. The molecule has 0 bridgehead atoms. The van der Waals surface area contributed by atoms with E-state index in [0.717, 1.165) is 35.4 Å². The average Bonchev–Trinajstić information content (AvgIpc) is 2.73. The van der Waals surface area contributed by atoms with E-state index in [9.17, 15) is 9.18 Å². The number of ketones is 1. The van der Waals surface area contributed by atoms with E-state index in [4.69, 9.17) is 10.1 Å². The van der Waals surface area contributed by atoms with Gasteiger partial charge in [0, 0.05) is 24.2 Å². The van der Waals surface area contributed by atoms with Crippen LogP contribution in [0, 0.1) is 12.8 Å². The first-order valence-electron chi connectivity index (χ1n) is 13.5. The van der Waals surface area contributed by atoms with Crippen molar-refractivity contribution in [3.8, 4) is 0 Å². The van der Waals surface area contributed by atoms with Gasteiger partial charge in [0.25, 0.3) is 0 Å². The largest absolute Gasteiger partial charge is 0.393 e. The summed E-state index contributed by atoms with van der Waals surface area (Å²) in [5.41, 5.74) is 3.44. The average molecular weight is 509 g/mol. The van der Waals surface area contributed by atoms with E-state index in [1.54, 1.807) is 13.8 Å². The third kappa shape index (κ3) is 12.0. The molecule has 0 spiro atoms. The van der Waals surface area contributed by atoms with Crippen molar-refractivity contribution in [2.45, 2.75) is 118 Å². The monoisotopic (exact) mass is 508 g/mol. The number of unbranched alkanes of at least 4 members (excludes halogenated alkanes) is 1. The van der Waals surface area contributed by atoms with E-state index >= 15 is 0 Å². The fraction of sp³-hybridized carbons (Fsp3) is 0.724. The standard InChI is InChI=1S/C17H26FN2P.C7H14O2.C5H10/c1-5-6-7-12(2)19-14-8-9-15(16(21)13(14)3)20-10-17(4,18)11-20;1-3-4-7(9)5-6(2)8;1-5-3-2-4-5/h8-9H,5-7,10-11,21H2,1-4H3;6,8H,3-5H2,1-2H3;5H,2-4H2,1H3. The first-order valence-corrected chi connectivity index (χ1v) is 14.0. The lowest BCUT2D eigenvalue weighted by molar-refractivity contribution is -0.120. The number of nitrogens with zero attached hydrogens (tertiary/aromatic N) is 2. The smallest absolute Gasteiger partial charge is 0.142 e. The Morgan fingerprint density at radius 3 is 2.29 bits per heavy atom. The van der Waals surface area contributed by atoms with Gasteiger partial charge in [-0.05, 0) is 75.9 Å². The molecule has 1 N–H and O–H groups in total. The molecule has 1 saturated heterocycles. The number of aliphatic hydroxyl groups is 1. The summed E-state index contributed by atoms with van der Waals surface area (Å²) in [7, 11) is 2.80. The number of anilines is 1. The van der Waals surface area contributed by atoms with Crippen LogP contribution in [-0.2, 0) is 4.79 Å². The van der Waals surface area contributed by atoms with Crippen molar-refractivity contribution in [3.05, 3.63) is 17.7 Å². The highest BCUT2D eigenvalue weighted by atomic mass is 31.0. The molecule has 1 aliphatic heterocycles. The molecule has 1 aliphatic carbocycles. The van der Waals surface area contributed by atoms with Crippen LogP contribution in [0.5, 0.6) is 0 Å². The molecular weight excluding hydrogens is 458 g/mol. The molecule has 1 aromatic rings. The second-order valence-electron chi connectivity index (χ2n) is 10.7. The number of carbonyl (C=O) groups excluding carboxylic acids is 1. The van der Waals surface area contributed by atoms with E-state index < -0.39 is 11.8 Å². The first kappa shape index (κ1) is 31.7. The Hall–Kier alpha value is -1.32. The molecular formula is C29H50FN2O2P. The summed E-state index contributed by atoms with van der Waals surface area (Å²) in [5, 5.41) is 9.86. The fourth-order valence-electron chi connectivity index (χ4n) is 4.04. The van der Waals surface area contributed by atoms with Gasteiger partial charge in [-0.3, -0.25) is 9.79 Å². The normalized spacial score (nSPS) is 17.8. The Labute approximate surface area is 216 Å². The number of halogens is 1. The van der Waals surface area contributed by atoms with Gasteiger partial charge in [0.05, 0.1) is 24.9 Å². The van der Waals surface area contributed by atoms with Gasteiger partial charge in [-0.25, -0.2) is 4.39 Å². The van der Waals surface area contributed by atoms with Crippen LogP contribution in [0.1, 0.15) is 105 Å². The molecule has 2 fully saturated rings. The van der Waals surface area contributed by atoms with Crippen molar-refractivity contribution in [1.29, 1.82) is 0 Å². The zero-order valence-electron chi connectivity index (χ0n) is 23.3. The summed E-state index contributed by atoms with van der Waals surface area (Å²) in [5.74, 6) is 1.22. The van der Waals surface area contributed by atoms with Crippen LogP contribution in [0.25, 0.3) is 0 Å². The number of aliphatic imine (C=N–C) groups is 1. The summed E-state index contributed by atoms with van der Waals surface area (Å²) >= 11 is 0. The molecule has 3 rings (SSSR count). The van der Waals surface area contributed by atoms with E-state index in [1.807, 2.05) is 6.92 Å². The van der Waals surface area contributed by atoms with E-state index in [2.05, 4.69) is 54.0 Å². The number of rotatable bonds is 9. The van der Waals surface area contributed by atoms with Crippen LogP contribution < -0.4 is 10.2 Å². The highest BCUT2D eigenvalue weighted by Crippen LogP contribution is 2.33. The van der Waals surface area contributed by atoms with E-state index in [0.29, 0.717) is 25.9 Å². The number of Topliss-reactive ketones (excluding diaryl/α,β-unsaturated/α-hetero) is 1. The van der Waals surface area contributed by atoms with Gasteiger partial charge < -0.3 is 10.0 Å². The summed E-state index contributed by atoms with van der Waals surface area (Å²) < 4.78 is 13.7. The predicted octanol–water partition coefficient (Wildman–Crippen LogP) is 7.26. The van der Waals surface area contributed by atoms with Crippen LogP contribution in [0.15, 0.2) is 17.1 Å². The lowest BCUT2D eigenvalue weighted by atomic mass is 9.88. The minimum atomic E-state index is -1.04. The van der Waals surface area contributed by atoms with Gasteiger partial charge in [-0.1, -0.05) is 46.5 Å². The molecule has 35 heavy (non-hydrogen) atoms. The number of hydrogen-bond donors (Lipinski definition) is 1. The van der Waals surface area contributed by atoms with Gasteiger partial charge in [0.1, 0.15) is 11.5 Å². The Bertz CT molecular complexity index is 811. The van der Waals surface area contributed by atoms with E-state index in [1.165, 1.54) is 43.4 Å². The van der Waals surface area contributed by atoms with Gasteiger partial charge in [0.15, 0.2) is 0 Å². The lowest BCUT2D eigenvalue weighted by Gasteiger charge is -2.44. The molecule has 4 nitrogen and oxygen atoms in total. The van der Waals surface area contributed by atoms with Crippen LogP contribution in [-0.4, -0.2) is 41.5 Å². The summed E-state index contributed by atoms with van der Waals surface area (Å²) in [6.45, 7) is 14.9. The molecule has 2 atom stereocenters. The number of carbonyl (C=O) groups is 1. The topological polar surface area (TPSA) is 52.9 Å². The molecule has 1 heterocycles. The summed E-state index contributed by atoms with van der Waals surface area (Å²) in [6.07, 6.45) is 9.21. The molecule has 1 aromatic carbocycles. The quantitative estimate of drug-likeness (QED) is 0.282. The van der Waals surface area contributed by atoms with Gasteiger partial charge in [-0.2, -0.15) is 0 Å². The highest BCUT2D eigenvalue weighted by molar-refractivity contribution is 7.28. The van der Waals surface area contributed by atoms with Crippen LogP contribution >= 0.6 is 9.24 Å². The fourth-order valence-corrected chi connectivity index (χ4v) is 4.46. The number of hydrogen-bond acceptors (Lipinski definition) is 4. The van der Waals surface area contributed by atoms with Crippen molar-refractivity contribution in [2.24, 2.45) is 10.9 Å². The Kier molecular flexibility index (Phi) is 14.2. The van der Waals surface area contributed by atoms with Gasteiger partial charge >= 0.3 is 0 Å². The van der Waals surface area contributed by atoms with Crippen LogP contribution in [0.4, 0.5) is 15.8 Å². The van der Waals surface area contributed by atoms with Crippen molar-refractivity contribution in [2.75, 3.05) is 18.0 Å². The molecule has 0 amide bonds. The SMILES string of the molecule is CC1CCC1.CCCC(=O)CC(C)O.CCCCC(C)=Nc1ccc(N2CC(C)(F)C2)c(P)c1C. The van der Waals surface area contributed by atoms with E-state index in [-0.39, 0.29) is 5.78 Å². The third-order valence-corrected chi connectivity index (χ3v) is 7.22. The maximum atomic E-state index is 13.7. The lowest BCUT2D eigenvalue weighted by Crippen LogP contribution is -2.58. The van der Waals surface area contributed by atoms with Crippen molar-refractivity contribution in [1.82, 2.24) is 0 Å². The minimum absolute atomic E-state index is 0.160. The van der Waals surface area contributed by atoms with Crippen molar-refractivity contribution >= 4 is 37.4 Å². The number of aliphatic hydroxyl groups excluding tert-OH is 1. The van der Waals surface area contributed by atoms with Crippen molar-refractivity contribution in [3.63, 3.8) is 0 Å². The van der Waals surface area contributed by atoms with Gasteiger partial charge in [-0.15, -0.1) is 9.24 Å². The molecule has 6 heteroatoms. The first-order chi connectivity index (χ1) is 16.4. The molecule has 2 aliphatic rings. The molecule has 200 valence electrons. The Balaban J connectivity index is 0.000000358. The highest BCUT2D eigenvalue weighted by Gasteiger charge is 2.39. The van der Waals surface area contributed by atoms with Crippen LogP contribution in [0.3, 0.4) is 0 Å². The minimum Gasteiger partial charge on any atom is -0.393 e. The van der Waals surface area contributed by atoms with Crippen molar-refractivity contribution < 1.29 is 14.3 Å². The Morgan fingerprint density at radius 2 is 1.86 bits per heavy atom. The second-order valence-corrected chi connectivity index (χ2v) is 11.3. The zero-order valence-corrected chi connectivity index (χ0v) is 24.4. The number of alkyl halides is 1. The maximum absolute atomic E-state index is 13.7. The summed E-state index contributed by atoms with van der Waals surface area (Å²) in [6, 6.07) is 4.12. The third-order valence-electron chi connectivity index (χ3n) is 6.49. The maximum Gasteiger partial charge on any atom is 0.142 e. The molecule has 0 radical (unpaired) electrons. The predicted molar refractivity (Wildman–Crippen MR) is 154 cm³/mol. The van der Waals surface area contributed by atoms with Gasteiger partial charge in [0.2, 0.25) is 0 Å². The molecule has 0 aromatic heterocycles. The Morgan fingerprint density at radius 1 is 1.26 bits per heavy atom. The second kappa shape index (κ2) is 15.7. The molecule has 2 unspecified atom stereocenters.